The number of nitrogens with one attached hydrogen (secondary N) is 1. The molecule has 0 fully saturated rings. The van der Waals surface area contributed by atoms with Gasteiger partial charge in [-0.2, -0.15) is 5.10 Å². The van der Waals surface area contributed by atoms with E-state index in [0.717, 1.165) is 38.9 Å². The van der Waals surface area contributed by atoms with Crippen molar-refractivity contribution >= 4 is 22.5 Å². The van der Waals surface area contributed by atoms with E-state index in [4.69, 9.17) is 10.5 Å². The van der Waals surface area contributed by atoms with Gasteiger partial charge in [0.2, 0.25) is 0 Å². The van der Waals surface area contributed by atoms with Gasteiger partial charge < -0.3 is 15.8 Å². The van der Waals surface area contributed by atoms with Gasteiger partial charge in [0.15, 0.2) is 0 Å². The highest BCUT2D eigenvalue weighted by Gasteiger charge is 2.12. The summed E-state index contributed by atoms with van der Waals surface area (Å²) in [5.41, 5.74) is 10.2. The standard InChI is InChI=1S/C24H25N5O2/c1-15-8-23(25)28-16(2)22(15)12-26-24(30)20-11-27-29(14-20)13-17-4-5-19-10-21(31-3)7-6-18(19)9-17/h4-11,14H,12-13H2,1-3H3,(H2,25,28)(H,26,30). The average Bonchev–Trinajstić information content (AvgIpc) is 3.21. The molecule has 0 aliphatic heterocycles. The van der Waals surface area contributed by atoms with Crippen molar-refractivity contribution in [1.82, 2.24) is 20.1 Å². The number of amides is 1. The summed E-state index contributed by atoms with van der Waals surface area (Å²) in [7, 11) is 1.66. The van der Waals surface area contributed by atoms with Crippen molar-refractivity contribution in [1.29, 1.82) is 0 Å². The molecule has 0 bridgehead atoms. The number of carbonyl (C=O) groups is 1. The van der Waals surface area contributed by atoms with Crippen LogP contribution < -0.4 is 15.8 Å². The summed E-state index contributed by atoms with van der Waals surface area (Å²) < 4.78 is 7.04. The van der Waals surface area contributed by atoms with Crippen LogP contribution in [0.5, 0.6) is 5.75 Å². The predicted molar refractivity (Wildman–Crippen MR) is 121 cm³/mol. The van der Waals surface area contributed by atoms with Gasteiger partial charge in [-0.15, -0.1) is 0 Å². The van der Waals surface area contributed by atoms with Crippen LogP contribution in [0.3, 0.4) is 0 Å². The van der Waals surface area contributed by atoms with E-state index in [0.29, 0.717) is 24.5 Å². The van der Waals surface area contributed by atoms with E-state index in [1.807, 2.05) is 38.1 Å². The molecule has 7 nitrogen and oxygen atoms in total. The Labute approximate surface area is 180 Å². The predicted octanol–water partition coefficient (Wildman–Crippen LogP) is 3.62. The molecule has 3 N–H and O–H groups in total. The highest BCUT2D eigenvalue weighted by atomic mass is 16.5. The summed E-state index contributed by atoms with van der Waals surface area (Å²) in [4.78, 5) is 16.9. The zero-order chi connectivity index (χ0) is 22.0. The van der Waals surface area contributed by atoms with Gasteiger partial charge in [-0.25, -0.2) is 4.98 Å². The molecule has 0 spiro atoms. The van der Waals surface area contributed by atoms with Crippen molar-refractivity contribution in [3.63, 3.8) is 0 Å². The Balaban J connectivity index is 1.43. The van der Waals surface area contributed by atoms with Crippen molar-refractivity contribution in [2.24, 2.45) is 0 Å². The maximum absolute atomic E-state index is 12.6. The molecule has 0 aliphatic rings. The van der Waals surface area contributed by atoms with Crippen LogP contribution in [0.25, 0.3) is 10.8 Å². The monoisotopic (exact) mass is 415 g/mol. The Kier molecular flexibility index (Phi) is 5.58. The molecular formula is C24H25N5O2. The van der Waals surface area contributed by atoms with Gasteiger partial charge >= 0.3 is 0 Å². The van der Waals surface area contributed by atoms with Crippen LogP contribution in [-0.4, -0.2) is 27.8 Å². The van der Waals surface area contributed by atoms with Gasteiger partial charge in [0, 0.05) is 18.4 Å². The molecule has 7 heteroatoms. The molecule has 0 saturated carbocycles. The maximum atomic E-state index is 12.6. The highest BCUT2D eigenvalue weighted by Crippen LogP contribution is 2.22. The quantitative estimate of drug-likeness (QED) is 0.502. The third kappa shape index (κ3) is 4.50. The Morgan fingerprint density at radius 2 is 1.90 bits per heavy atom. The van der Waals surface area contributed by atoms with Crippen LogP contribution in [0.1, 0.15) is 32.7 Å². The lowest BCUT2D eigenvalue weighted by atomic mass is 10.1. The topological polar surface area (TPSA) is 95.1 Å². The number of ether oxygens (including phenoxy) is 1. The molecule has 2 aromatic carbocycles. The van der Waals surface area contributed by atoms with Crippen molar-refractivity contribution in [3.05, 3.63) is 82.8 Å². The van der Waals surface area contributed by atoms with Gasteiger partial charge in [0.05, 0.1) is 25.4 Å². The molecule has 158 valence electrons. The largest absolute Gasteiger partial charge is 0.497 e. The van der Waals surface area contributed by atoms with Gasteiger partial charge in [-0.05, 0) is 65.6 Å². The first-order chi connectivity index (χ1) is 14.9. The van der Waals surface area contributed by atoms with E-state index in [1.165, 1.54) is 0 Å². The fourth-order valence-electron chi connectivity index (χ4n) is 3.68. The van der Waals surface area contributed by atoms with Crippen LogP contribution >= 0.6 is 0 Å². The number of nitrogens with zero attached hydrogens (tertiary/aromatic N) is 3. The molecule has 2 aromatic heterocycles. The second-order valence-electron chi connectivity index (χ2n) is 7.58. The molecule has 0 atom stereocenters. The first-order valence-electron chi connectivity index (χ1n) is 10.0. The lowest BCUT2D eigenvalue weighted by Gasteiger charge is -2.11. The number of hydrogen-bond donors (Lipinski definition) is 2. The number of aryl methyl sites for hydroxylation is 2. The zero-order valence-electron chi connectivity index (χ0n) is 17.8. The van der Waals surface area contributed by atoms with E-state index in [-0.39, 0.29) is 5.91 Å². The highest BCUT2D eigenvalue weighted by molar-refractivity contribution is 5.93. The van der Waals surface area contributed by atoms with E-state index < -0.39 is 0 Å². The summed E-state index contributed by atoms with van der Waals surface area (Å²) in [6.07, 6.45) is 3.34. The van der Waals surface area contributed by atoms with Crippen molar-refractivity contribution in [2.75, 3.05) is 12.8 Å². The van der Waals surface area contributed by atoms with E-state index in [1.54, 1.807) is 24.2 Å². The maximum Gasteiger partial charge on any atom is 0.254 e. The molecule has 0 aliphatic carbocycles. The summed E-state index contributed by atoms with van der Waals surface area (Å²) in [5, 5.41) is 9.54. The normalized spacial score (nSPS) is 10.9. The van der Waals surface area contributed by atoms with Crippen molar-refractivity contribution in [2.45, 2.75) is 26.9 Å². The number of hydrogen-bond acceptors (Lipinski definition) is 5. The fraction of sp³-hybridized carbons (Fsp3) is 0.208. The van der Waals surface area contributed by atoms with Crippen LogP contribution in [0, 0.1) is 13.8 Å². The Bertz CT molecular complexity index is 1240. The number of pyridine rings is 1. The van der Waals surface area contributed by atoms with Gasteiger partial charge in [-0.1, -0.05) is 18.2 Å². The van der Waals surface area contributed by atoms with E-state index >= 15 is 0 Å². The first kappa shape index (κ1) is 20.4. The number of fused-ring (bicyclic) bond motifs is 1. The fourth-order valence-corrected chi connectivity index (χ4v) is 3.68. The molecule has 31 heavy (non-hydrogen) atoms. The Morgan fingerprint density at radius 1 is 1.13 bits per heavy atom. The third-order valence-electron chi connectivity index (χ3n) is 5.35. The second-order valence-corrected chi connectivity index (χ2v) is 7.58. The molecule has 2 heterocycles. The molecule has 4 rings (SSSR count). The minimum absolute atomic E-state index is 0.174. The molecular weight excluding hydrogens is 390 g/mol. The first-order valence-corrected chi connectivity index (χ1v) is 10.0. The van der Waals surface area contributed by atoms with Crippen LogP contribution in [0.15, 0.2) is 54.9 Å². The van der Waals surface area contributed by atoms with Crippen molar-refractivity contribution < 1.29 is 9.53 Å². The van der Waals surface area contributed by atoms with Crippen LogP contribution in [0.4, 0.5) is 5.82 Å². The molecule has 0 unspecified atom stereocenters. The van der Waals surface area contributed by atoms with Gasteiger partial charge in [0.25, 0.3) is 5.91 Å². The molecule has 0 radical (unpaired) electrons. The number of methoxy groups -OCH3 is 1. The number of nitrogen functional groups attached to an aromatic ring is 1. The lowest BCUT2D eigenvalue weighted by molar-refractivity contribution is 0.0950. The zero-order valence-corrected chi connectivity index (χ0v) is 17.8. The number of anilines is 1. The lowest BCUT2D eigenvalue weighted by Crippen LogP contribution is -2.23. The summed E-state index contributed by atoms with van der Waals surface area (Å²) in [6, 6.07) is 14.0. The summed E-state index contributed by atoms with van der Waals surface area (Å²) >= 11 is 0. The number of carbonyl (C=O) groups excluding carboxylic acids is 1. The summed E-state index contributed by atoms with van der Waals surface area (Å²) in [6.45, 7) is 4.82. The minimum Gasteiger partial charge on any atom is -0.497 e. The summed E-state index contributed by atoms with van der Waals surface area (Å²) in [5.74, 6) is 1.15. The average molecular weight is 415 g/mol. The Morgan fingerprint density at radius 3 is 2.68 bits per heavy atom. The van der Waals surface area contributed by atoms with Crippen LogP contribution in [-0.2, 0) is 13.1 Å². The molecule has 0 saturated heterocycles. The Hall–Kier alpha value is -3.87. The second kappa shape index (κ2) is 8.47. The minimum atomic E-state index is -0.174. The number of rotatable bonds is 6. The molecule has 1 amide bonds. The van der Waals surface area contributed by atoms with Crippen LogP contribution in [0.2, 0.25) is 0 Å². The smallest absolute Gasteiger partial charge is 0.254 e. The number of benzene rings is 2. The SMILES string of the molecule is COc1ccc2cc(Cn3cc(C(=O)NCc4c(C)cc(N)nc4C)cn3)ccc2c1. The van der Waals surface area contributed by atoms with Crippen molar-refractivity contribution in [3.8, 4) is 5.75 Å². The van der Waals surface area contributed by atoms with E-state index in [9.17, 15) is 4.79 Å². The number of aromatic nitrogens is 3. The number of nitrogens with two attached hydrogens (primary N) is 1. The van der Waals surface area contributed by atoms with E-state index in [2.05, 4.69) is 33.6 Å². The van der Waals surface area contributed by atoms with Gasteiger partial charge in [0.1, 0.15) is 11.6 Å². The van der Waals surface area contributed by atoms with Gasteiger partial charge in [-0.3, -0.25) is 9.48 Å². The third-order valence-corrected chi connectivity index (χ3v) is 5.35. The molecule has 4 aromatic rings.